The van der Waals surface area contributed by atoms with Gasteiger partial charge in [-0.2, -0.15) is 0 Å². The number of halogens is 1. The zero-order valence-corrected chi connectivity index (χ0v) is 15.0. The Bertz CT molecular complexity index is 766. The van der Waals surface area contributed by atoms with Gasteiger partial charge in [0.1, 0.15) is 5.58 Å². The van der Waals surface area contributed by atoms with Crippen molar-refractivity contribution in [2.75, 3.05) is 39.3 Å². The predicted octanol–water partition coefficient (Wildman–Crippen LogP) is 2.37. The summed E-state index contributed by atoms with van der Waals surface area (Å²) >= 11 is 5.97. The Morgan fingerprint density at radius 2 is 1.96 bits per heavy atom. The molecule has 1 aromatic carbocycles. The maximum atomic E-state index is 12.6. The molecule has 0 atom stereocenters. The molecule has 0 unspecified atom stereocenters. The molecule has 0 saturated carbocycles. The highest BCUT2D eigenvalue weighted by atomic mass is 35.5. The van der Waals surface area contributed by atoms with Gasteiger partial charge < -0.3 is 14.6 Å². The maximum absolute atomic E-state index is 12.6. The molecule has 0 aliphatic carbocycles. The molecule has 0 radical (unpaired) electrons. The van der Waals surface area contributed by atoms with Crippen molar-refractivity contribution in [3.05, 3.63) is 35.0 Å². The summed E-state index contributed by atoms with van der Waals surface area (Å²) in [4.78, 5) is 28.2. The van der Waals surface area contributed by atoms with Crippen molar-refractivity contribution in [1.82, 2.24) is 15.1 Å². The monoisotopic (exact) mass is 363 g/mol. The molecule has 0 bridgehead atoms. The first-order valence-corrected chi connectivity index (χ1v) is 8.92. The lowest BCUT2D eigenvalue weighted by atomic mass is 10.2. The number of nitrogens with zero attached hydrogens (tertiary/aromatic N) is 2. The lowest BCUT2D eigenvalue weighted by molar-refractivity contribution is -0.122. The van der Waals surface area contributed by atoms with Crippen LogP contribution in [-0.4, -0.2) is 60.9 Å². The fraction of sp³-hybridized carbons (Fsp3) is 0.444. The van der Waals surface area contributed by atoms with Gasteiger partial charge in [-0.25, -0.2) is 0 Å². The second-order valence-electron chi connectivity index (χ2n) is 6.21. The van der Waals surface area contributed by atoms with Crippen LogP contribution in [0.1, 0.15) is 23.9 Å². The Labute approximate surface area is 151 Å². The first-order chi connectivity index (χ1) is 12.1. The summed E-state index contributed by atoms with van der Waals surface area (Å²) in [5.74, 6) is 0.240. The number of furan rings is 1. The molecule has 6 nitrogen and oxygen atoms in total. The van der Waals surface area contributed by atoms with Crippen molar-refractivity contribution in [2.45, 2.75) is 13.3 Å². The van der Waals surface area contributed by atoms with E-state index in [9.17, 15) is 9.59 Å². The van der Waals surface area contributed by atoms with Crippen molar-refractivity contribution in [2.24, 2.45) is 0 Å². The summed E-state index contributed by atoms with van der Waals surface area (Å²) in [5.41, 5.74) is 0.652. The Kier molecular flexibility index (Phi) is 5.60. The number of piperazine rings is 1. The number of carbonyl (C=O) groups excluding carboxylic acids is 2. The molecule has 1 N–H and O–H groups in total. The molecular weight excluding hydrogens is 342 g/mol. The first-order valence-electron chi connectivity index (χ1n) is 8.54. The van der Waals surface area contributed by atoms with Gasteiger partial charge in [0.15, 0.2) is 5.76 Å². The molecule has 25 heavy (non-hydrogen) atoms. The van der Waals surface area contributed by atoms with Crippen LogP contribution in [0.3, 0.4) is 0 Å². The molecule has 1 fully saturated rings. The SMILES string of the molecule is CCCNC(=O)CN1CCN(C(=O)c2cc3cc(Cl)ccc3o2)CC1. The number of amides is 2. The summed E-state index contributed by atoms with van der Waals surface area (Å²) in [7, 11) is 0. The van der Waals surface area contributed by atoms with Crippen LogP contribution in [0.2, 0.25) is 5.02 Å². The minimum Gasteiger partial charge on any atom is -0.451 e. The summed E-state index contributed by atoms with van der Waals surface area (Å²) < 4.78 is 5.65. The van der Waals surface area contributed by atoms with Crippen LogP contribution in [-0.2, 0) is 4.79 Å². The van der Waals surface area contributed by atoms with E-state index in [-0.39, 0.29) is 11.8 Å². The molecular formula is C18H22ClN3O3. The van der Waals surface area contributed by atoms with Gasteiger partial charge in [-0.3, -0.25) is 14.5 Å². The normalized spacial score (nSPS) is 15.5. The van der Waals surface area contributed by atoms with E-state index in [1.165, 1.54) is 0 Å². The van der Waals surface area contributed by atoms with Gasteiger partial charge in [0.05, 0.1) is 6.54 Å². The van der Waals surface area contributed by atoms with Gasteiger partial charge in [-0.15, -0.1) is 0 Å². The van der Waals surface area contributed by atoms with E-state index in [4.69, 9.17) is 16.0 Å². The number of rotatable bonds is 5. The predicted molar refractivity (Wildman–Crippen MR) is 96.9 cm³/mol. The smallest absolute Gasteiger partial charge is 0.289 e. The Balaban J connectivity index is 1.56. The van der Waals surface area contributed by atoms with Crippen LogP contribution < -0.4 is 5.32 Å². The fourth-order valence-electron chi connectivity index (χ4n) is 2.91. The minimum atomic E-state index is -0.123. The van der Waals surface area contributed by atoms with E-state index in [1.807, 2.05) is 6.92 Å². The lowest BCUT2D eigenvalue weighted by Gasteiger charge is -2.33. The highest BCUT2D eigenvalue weighted by Gasteiger charge is 2.25. The van der Waals surface area contributed by atoms with Gasteiger partial charge in [0.25, 0.3) is 5.91 Å². The van der Waals surface area contributed by atoms with Crippen molar-refractivity contribution in [3.8, 4) is 0 Å². The van der Waals surface area contributed by atoms with Crippen molar-refractivity contribution in [3.63, 3.8) is 0 Å². The third-order valence-electron chi connectivity index (χ3n) is 4.29. The second kappa shape index (κ2) is 7.89. The highest BCUT2D eigenvalue weighted by Crippen LogP contribution is 2.24. The van der Waals surface area contributed by atoms with E-state index in [0.29, 0.717) is 55.6 Å². The summed E-state index contributed by atoms with van der Waals surface area (Å²) in [6.45, 7) is 5.62. The molecule has 134 valence electrons. The third-order valence-corrected chi connectivity index (χ3v) is 4.52. The molecule has 2 aromatic rings. The van der Waals surface area contributed by atoms with Gasteiger partial charge in [0.2, 0.25) is 5.91 Å². The van der Waals surface area contributed by atoms with Gasteiger partial charge >= 0.3 is 0 Å². The quantitative estimate of drug-likeness (QED) is 0.885. The molecule has 0 spiro atoms. The molecule has 1 aromatic heterocycles. The number of nitrogens with one attached hydrogen (secondary N) is 1. The lowest BCUT2D eigenvalue weighted by Crippen LogP contribution is -2.51. The Morgan fingerprint density at radius 1 is 1.20 bits per heavy atom. The van der Waals surface area contributed by atoms with Crippen LogP contribution in [0.15, 0.2) is 28.7 Å². The number of hydrogen-bond acceptors (Lipinski definition) is 4. The molecule has 7 heteroatoms. The Morgan fingerprint density at radius 3 is 2.68 bits per heavy atom. The maximum Gasteiger partial charge on any atom is 0.289 e. The third kappa shape index (κ3) is 4.32. The molecule has 1 aliphatic rings. The molecule has 2 amide bonds. The topological polar surface area (TPSA) is 65.8 Å². The van der Waals surface area contributed by atoms with E-state index >= 15 is 0 Å². The van der Waals surface area contributed by atoms with Crippen molar-refractivity contribution >= 4 is 34.4 Å². The zero-order valence-electron chi connectivity index (χ0n) is 14.3. The van der Waals surface area contributed by atoms with Gasteiger partial charge in [-0.1, -0.05) is 18.5 Å². The van der Waals surface area contributed by atoms with Crippen LogP contribution in [0.25, 0.3) is 11.0 Å². The summed E-state index contributed by atoms with van der Waals surface area (Å²) in [6.07, 6.45) is 0.927. The van der Waals surface area contributed by atoms with E-state index in [1.54, 1.807) is 29.2 Å². The molecule has 3 rings (SSSR count). The van der Waals surface area contributed by atoms with E-state index < -0.39 is 0 Å². The summed E-state index contributed by atoms with van der Waals surface area (Å²) in [5, 5.41) is 4.31. The van der Waals surface area contributed by atoms with Crippen molar-refractivity contribution in [1.29, 1.82) is 0 Å². The minimum absolute atomic E-state index is 0.0378. The highest BCUT2D eigenvalue weighted by molar-refractivity contribution is 6.31. The average Bonchev–Trinajstić information content (AvgIpc) is 3.03. The molecule has 1 saturated heterocycles. The molecule has 1 aliphatic heterocycles. The zero-order chi connectivity index (χ0) is 17.8. The number of fused-ring (bicyclic) bond motifs is 1. The van der Waals surface area contributed by atoms with Crippen molar-refractivity contribution < 1.29 is 14.0 Å². The van der Waals surface area contributed by atoms with Crippen LogP contribution in [0.4, 0.5) is 0 Å². The largest absolute Gasteiger partial charge is 0.451 e. The molecule has 2 heterocycles. The number of carbonyl (C=O) groups is 2. The van der Waals surface area contributed by atoms with Crippen LogP contribution in [0, 0.1) is 0 Å². The number of benzene rings is 1. The number of hydrogen-bond donors (Lipinski definition) is 1. The van der Waals surface area contributed by atoms with Gasteiger partial charge in [0, 0.05) is 43.1 Å². The summed E-state index contributed by atoms with van der Waals surface area (Å²) in [6, 6.07) is 7.02. The van der Waals surface area contributed by atoms with Crippen LogP contribution >= 0.6 is 11.6 Å². The van der Waals surface area contributed by atoms with E-state index in [2.05, 4.69) is 10.2 Å². The van der Waals surface area contributed by atoms with Gasteiger partial charge in [-0.05, 0) is 30.7 Å². The second-order valence-corrected chi connectivity index (χ2v) is 6.65. The Hall–Kier alpha value is -2.05. The standard InChI is InChI=1S/C18H22ClN3O3/c1-2-5-20-17(23)12-21-6-8-22(9-7-21)18(24)16-11-13-10-14(19)3-4-15(13)25-16/h3-4,10-11H,2,5-9,12H2,1H3,(H,20,23). The van der Waals surface area contributed by atoms with Crippen LogP contribution in [0.5, 0.6) is 0 Å². The average molecular weight is 364 g/mol. The van der Waals surface area contributed by atoms with E-state index in [0.717, 1.165) is 11.8 Å². The fourth-order valence-corrected chi connectivity index (χ4v) is 3.09. The first kappa shape index (κ1) is 17.8.